The molecule has 0 radical (unpaired) electrons. The van der Waals surface area contributed by atoms with Crippen LogP contribution in [-0.4, -0.2) is 47.5 Å². The van der Waals surface area contributed by atoms with Crippen molar-refractivity contribution in [2.75, 3.05) is 26.2 Å². The fourth-order valence-corrected chi connectivity index (χ4v) is 5.56. The summed E-state index contributed by atoms with van der Waals surface area (Å²) in [5.41, 5.74) is 0. The van der Waals surface area contributed by atoms with E-state index in [2.05, 4.69) is 55.2 Å². The largest absolute Gasteiger partial charge is 0.394 e. The summed E-state index contributed by atoms with van der Waals surface area (Å²) in [6.07, 6.45) is 47.5. The Morgan fingerprint density at radius 2 is 0.786 bits per heavy atom. The summed E-state index contributed by atoms with van der Waals surface area (Å²) < 4.78 is 0. The molecule has 248 valence electrons. The minimum atomic E-state index is -0.608. The molecule has 0 aromatic rings. The second-order valence-electron chi connectivity index (χ2n) is 12.7. The predicted molar refractivity (Wildman–Crippen MR) is 188 cm³/mol. The van der Waals surface area contributed by atoms with Crippen LogP contribution in [0.25, 0.3) is 0 Å². The van der Waals surface area contributed by atoms with E-state index in [0.717, 1.165) is 19.5 Å². The highest BCUT2D eigenvalue weighted by Crippen LogP contribution is 2.12. The van der Waals surface area contributed by atoms with E-state index < -0.39 is 6.10 Å². The fraction of sp³-hybridized carbons (Fsp3) is 0.846. The highest BCUT2D eigenvalue weighted by atomic mass is 16.3. The van der Waals surface area contributed by atoms with Gasteiger partial charge in [-0.25, -0.2) is 0 Å². The molecule has 2 N–H and O–H groups in total. The first-order valence-electron chi connectivity index (χ1n) is 18.7. The van der Waals surface area contributed by atoms with Crippen LogP contribution in [0.4, 0.5) is 0 Å². The summed E-state index contributed by atoms with van der Waals surface area (Å²) >= 11 is 0. The molecule has 0 aromatic carbocycles. The molecule has 0 heterocycles. The lowest BCUT2D eigenvalue weighted by Crippen LogP contribution is -2.35. The minimum Gasteiger partial charge on any atom is -0.394 e. The topological polar surface area (TPSA) is 43.7 Å². The predicted octanol–water partition coefficient (Wildman–Crippen LogP) is 11.5. The maximum absolute atomic E-state index is 9.99. The molecular weight excluding hydrogens is 514 g/mol. The lowest BCUT2D eigenvalue weighted by molar-refractivity contribution is 0.0579. The van der Waals surface area contributed by atoms with Crippen molar-refractivity contribution < 1.29 is 10.2 Å². The molecule has 0 saturated carbocycles. The molecule has 3 nitrogen and oxygen atoms in total. The van der Waals surface area contributed by atoms with E-state index >= 15 is 0 Å². The number of aliphatic hydroxyl groups is 2. The van der Waals surface area contributed by atoms with Gasteiger partial charge in [-0.05, 0) is 83.7 Å². The van der Waals surface area contributed by atoms with Crippen LogP contribution in [0.3, 0.4) is 0 Å². The van der Waals surface area contributed by atoms with Gasteiger partial charge in [0.1, 0.15) is 0 Å². The summed E-state index contributed by atoms with van der Waals surface area (Å²) in [6, 6.07) is 0. The summed E-state index contributed by atoms with van der Waals surface area (Å²) in [5.74, 6) is 0. The molecule has 0 saturated heterocycles. The molecule has 0 aliphatic heterocycles. The molecule has 1 unspecified atom stereocenters. The van der Waals surface area contributed by atoms with Crippen molar-refractivity contribution in [2.24, 2.45) is 0 Å². The van der Waals surface area contributed by atoms with Crippen molar-refractivity contribution in [1.82, 2.24) is 4.90 Å². The molecule has 1 atom stereocenters. The lowest BCUT2D eigenvalue weighted by atomic mass is 10.1. The van der Waals surface area contributed by atoms with E-state index in [1.54, 1.807) is 0 Å². The van der Waals surface area contributed by atoms with E-state index in [9.17, 15) is 10.2 Å². The van der Waals surface area contributed by atoms with Gasteiger partial charge in [0.2, 0.25) is 0 Å². The molecule has 0 aromatic heterocycles. The summed E-state index contributed by atoms with van der Waals surface area (Å²) in [6.45, 7) is 7.13. The molecule has 0 aliphatic carbocycles. The van der Waals surface area contributed by atoms with Crippen LogP contribution in [0, 0.1) is 0 Å². The van der Waals surface area contributed by atoms with Gasteiger partial charge in [0.05, 0.1) is 12.7 Å². The molecule has 0 bridgehead atoms. The molecule has 42 heavy (non-hydrogen) atoms. The molecule has 3 heteroatoms. The normalized spacial score (nSPS) is 13.1. The second kappa shape index (κ2) is 36.3. The Hall–Kier alpha value is -0.900. The highest BCUT2D eigenvalue weighted by molar-refractivity contribution is 4.92. The smallest absolute Gasteiger partial charge is 0.0897 e. The fourth-order valence-electron chi connectivity index (χ4n) is 5.56. The molecule has 0 rings (SSSR count). The quantitative estimate of drug-likeness (QED) is 0.0579. The van der Waals surface area contributed by atoms with Crippen molar-refractivity contribution in [3.8, 4) is 0 Å². The average molecular weight is 590 g/mol. The first-order valence-corrected chi connectivity index (χ1v) is 18.7. The number of unbranched alkanes of at least 4 members (excludes halogenated alkanes) is 21. The lowest BCUT2D eigenvalue weighted by Gasteiger charge is -2.24. The Balaban J connectivity index is 3.68. The Morgan fingerprint density at radius 1 is 0.452 bits per heavy atom. The van der Waals surface area contributed by atoms with Gasteiger partial charge < -0.3 is 15.1 Å². The Labute approximate surface area is 264 Å². The van der Waals surface area contributed by atoms with Crippen molar-refractivity contribution in [1.29, 1.82) is 0 Å². The van der Waals surface area contributed by atoms with E-state index in [1.807, 2.05) is 0 Å². The molecule has 0 amide bonds. The standard InChI is InChI=1S/C39H75NO2/c1-3-5-7-9-11-13-15-17-19-21-23-25-27-29-31-33-35-40(37-39(42)38-41)36-34-32-30-28-26-24-22-20-18-16-14-12-10-8-6-4-2/h11,13,17-20,39,41-42H,3-10,12,14-16,21-38H2,1-2H3/b13-11-,19-17-,20-18-. The Morgan fingerprint density at radius 3 is 1.21 bits per heavy atom. The number of aliphatic hydroxyl groups excluding tert-OH is 2. The minimum absolute atomic E-state index is 0.131. The van der Waals surface area contributed by atoms with Gasteiger partial charge >= 0.3 is 0 Å². The van der Waals surface area contributed by atoms with Crippen LogP contribution in [-0.2, 0) is 0 Å². The molecule has 0 fully saturated rings. The van der Waals surface area contributed by atoms with Gasteiger partial charge in [0, 0.05) is 6.54 Å². The second-order valence-corrected chi connectivity index (χ2v) is 12.7. The molecule has 0 spiro atoms. The number of allylic oxidation sites excluding steroid dienone is 6. The number of hydrogen-bond donors (Lipinski definition) is 2. The first-order chi connectivity index (χ1) is 20.7. The maximum Gasteiger partial charge on any atom is 0.0897 e. The van der Waals surface area contributed by atoms with Crippen LogP contribution in [0.5, 0.6) is 0 Å². The monoisotopic (exact) mass is 590 g/mol. The molecule has 0 aliphatic rings. The number of rotatable bonds is 34. The first kappa shape index (κ1) is 41.1. The van der Waals surface area contributed by atoms with Crippen LogP contribution in [0.1, 0.15) is 181 Å². The number of nitrogens with zero attached hydrogens (tertiary/aromatic N) is 1. The van der Waals surface area contributed by atoms with Crippen LogP contribution < -0.4 is 0 Å². The van der Waals surface area contributed by atoms with Gasteiger partial charge in [0.25, 0.3) is 0 Å². The van der Waals surface area contributed by atoms with Crippen LogP contribution in [0.15, 0.2) is 36.5 Å². The van der Waals surface area contributed by atoms with E-state index in [-0.39, 0.29) is 6.61 Å². The van der Waals surface area contributed by atoms with Crippen molar-refractivity contribution in [3.63, 3.8) is 0 Å². The SMILES string of the molecule is CCCCC/C=C\C/C=C\CCCCCCCCN(CCCCCCCC/C=C\CCCCCCCC)CC(O)CO. The van der Waals surface area contributed by atoms with E-state index in [1.165, 1.54) is 161 Å². The van der Waals surface area contributed by atoms with Gasteiger partial charge in [-0.3, -0.25) is 0 Å². The van der Waals surface area contributed by atoms with Gasteiger partial charge in [0.15, 0.2) is 0 Å². The van der Waals surface area contributed by atoms with E-state index in [0.29, 0.717) is 6.54 Å². The average Bonchev–Trinajstić information content (AvgIpc) is 3.00. The Bertz CT molecular complexity index is 585. The summed E-state index contributed by atoms with van der Waals surface area (Å²) in [7, 11) is 0. The maximum atomic E-state index is 9.99. The van der Waals surface area contributed by atoms with Crippen molar-refractivity contribution in [3.05, 3.63) is 36.5 Å². The zero-order valence-electron chi connectivity index (χ0n) is 28.6. The summed E-state index contributed by atoms with van der Waals surface area (Å²) in [4.78, 5) is 2.39. The molecular formula is C39H75NO2. The van der Waals surface area contributed by atoms with Gasteiger partial charge in [-0.1, -0.05) is 147 Å². The zero-order valence-corrected chi connectivity index (χ0v) is 28.6. The zero-order chi connectivity index (χ0) is 30.6. The van der Waals surface area contributed by atoms with E-state index in [4.69, 9.17) is 0 Å². The van der Waals surface area contributed by atoms with Crippen molar-refractivity contribution >= 4 is 0 Å². The van der Waals surface area contributed by atoms with Crippen molar-refractivity contribution in [2.45, 2.75) is 187 Å². The third-order valence-corrected chi connectivity index (χ3v) is 8.34. The number of hydrogen-bond acceptors (Lipinski definition) is 3. The Kier molecular flexibility index (Phi) is 35.5. The van der Waals surface area contributed by atoms with Crippen LogP contribution >= 0.6 is 0 Å². The van der Waals surface area contributed by atoms with Gasteiger partial charge in [-0.2, -0.15) is 0 Å². The van der Waals surface area contributed by atoms with Gasteiger partial charge in [-0.15, -0.1) is 0 Å². The highest BCUT2D eigenvalue weighted by Gasteiger charge is 2.10. The third-order valence-electron chi connectivity index (χ3n) is 8.34. The van der Waals surface area contributed by atoms with Crippen LogP contribution in [0.2, 0.25) is 0 Å². The summed E-state index contributed by atoms with van der Waals surface area (Å²) in [5, 5.41) is 19.3. The third kappa shape index (κ3) is 33.6.